The first-order chi connectivity index (χ1) is 14.1. The molecule has 11 nitrogen and oxygen atoms in total. The molecule has 3 aromatic heterocycles. The minimum absolute atomic E-state index is 0.0405. The van der Waals surface area contributed by atoms with Crippen molar-refractivity contribution in [3.8, 4) is 17.1 Å². The summed E-state index contributed by atoms with van der Waals surface area (Å²) in [6.45, 7) is 1.66. The van der Waals surface area contributed by atoms with Crippen LogP contribution in [-0.4, -0.2) is 45.5 Å². The summed E-state index contributed by atoms with van der Waals surface area (Å²) < 4.78 is 33.8. The molecule has 3 rings (SSSR count). The van der Waals surface area contributed by atoms with E-state index in [0.717, 1.165) is 6.26 Å². The van der Waals surface area contributed by atoms with Crippen molar-refractivity contribution in [2.75, 3.05) is 11.6 Å². The number of carbonyl (C=O) groups excluding carboxylic acids is 1. The number of carbonyl (C=O) groups is 1. The highest BCUT2D eigenvalue weighted by Crippen LogP contribution is 2.27. The van der Waals surface area contributed by atoms with E-state index in [2.05, 4.69) is 25.4 Å². The van der Waals surface area contributed by atoms with E-state index in [9.17, 15) is 13.2 Å². The molecular formula is C17H17ClN6O5S. The predicted octanol–water partition coefficient (Wildman–Crippen LogP) is 2.57. The Kier molecular flexibility index (Phi) is 6.17. The summed E-state index contributed by atoms with van der Waals surface area (Å²) >= 11 is 6.03. The van der Waals surface area contributed by atoms with Gasteiger partial charge >= 0.3 is 16.2 Å². The maximum Gasteiger partial charge on any atom is 0.413 e. The number of nitrogens with zero attached hydrogens (tertiary/aromatic N) is 5. The van der Waals surface area contributed by atoms with Gasteiger partial charge in [0, 0.05) is 18.8 Å². The van der Waals surface area contributed by atoms with Crippen molar-refractivity contribution < 1.29 is 22.1 Å². The van der Waals surface area contributed by atoms with E-state index in [1.165, 1.54) is 29.5 Å². The Bertz CT molecular complexity index is 1170. The second kappa shape index (κ2) is 8.63. The molecule has 0 radical (unpaired) electrons. The molecule has 158 valence electrons. The fourth-order valence-electron chi connectivity index (χ4n) is 2.47. The van der Waals surface area contributed by atoms with Crippen LogP contribution in [0.25, 0.3) is 11.4 Å². The van der Waals surface area contributed by atoms with Gasteiger partial charge in [-0.3, -0.25) is 10.00 Å². The van der Waals surface area contributed by atoms with Gasteiger partial charge in [0.25, 0.3) is 0 Å². The lowest BCUT2D eigenvalue weighted by Gasteiger charge is -2.15. The van der Waals surface area contributed by atoms with Gasteiger partial charge in [0.15, 0.2) is 11.6 Å². The fourth-order valence-corrected chi connectivity index (χ4v) is 3.18. The summed E-state index contributed by atoms with van der Waals surface area (Å²) in [5.41, 5.74) is 0.955. The third-order valence-electron chi connectivity index (χ3n) is 3.79. The lowest BCUT2D eigenvalue weighted by Crippen LogP contribution is -2.18. The van der Waals surface area contributed by atoms with E-state index in [4.69, 9.17) is 20.5 Å². The number of hydrogen-bond donors (Lipinski definition) is 1. The SMILES string of the molecule is C[C@@H](OC(=O)Nc1c(-c2ncc(OS(C)(=O)=O)cn2)cnn1C)c1cccnc1Cl. The molecule has 3 aromatic rings. The molecule has 0 bridgehead atoms. The number of aryl methyl sites for hydroxylation is 1. The topological polar surface area (TPSA) is 138 Å². The van der Waals surface area contributed by atoms with Gasteiger partial charge < -0.3 is 8.92 Å². The van der Waals surface area contributed by atoms with Crippen LogP contribution in [0.1, 0.15) is 18.6 Å². The number of nitrogens with one attached hydrogen (secondary N) is 1. The Morgan fingerprint density at radius 3 is 2.57 bits per heavy atom. The highest BCUT2D eigenvalue weighted by molar-refractivity contribution is 7.86. The zero-order chi connectivity index (χ0) is 21.9. The summed E-state index contributed by atoms with van der Waals surface area (Å²) in [7, 11) is -2.08. The average molecular weight is 453 g/mol. The van der Waals surface area contributed by atoms with E-state index in [-0.39, 0.29) is 22.5 Å². The van der Waals surface area contributed by atoms with E-state index < -0.39 is 22.3 Å². The quantitative estimate of drug-likeness (QED) is 0.441. The molecular weight excluding hydrogens is 436 g/mol. The number of ether oxygens (including phenoxy) is 1. The Labute approximate surface area is 177 Å². The zero-order valence-electron chi connectivity index (χ0n) is 16.1. The van der Waals surface area contributed by atoms with Crippen molar-refractivity contribution >= 4 is 33.6 Å². The van der Waals surface area contributed by atoms with Crippen LogP contribution in [-0.2, 0) is 21.9 Å². The summed E-state index contributed by atoms with van der Waals surface area (Å²) in [5, 5.41) is 6.93. The first-order valence-electron chi connectivity index (χ1n) is 8.46. The van der Waals surface area contributed by atoms with Crippen LogP contribution in [0.4, 0.5) is 10.6 Å². The Morgan fingerprint density at radius 2 is 1.93 bits per heavy atom. The number of halogens is 1. The summed E-state index contributed by atoms with van der Waals surface area (Å²) in [5.74, 6) is 0.435. The second-order valence-corrected chi connectivity index (χ2v) is 8.05. The molecule has 3 heterocycles. The molecule has 0 fully saturated rings. The molecule has 1 N–H and O–H groups in total. The maximum absolute atomic E-state index is 12.4. The number of hydrogen-bond acceptors (Lipinski definition) is 9. The first-order valence-corrected chi connectivity index (χ1v) is 10.7. The Morgan fingerprint density at radius 1 is 1.23 bits per heavy atom. The Balaban J connectivity index is 1.76. The third-order valence-corrected chi connectivity index (χ3v) is 4.60. The third kappa shape index (κ3) is 5.21. The van der Waals surface area contributed by atoms with Crippen LogP contribution in [0, 0.1) is 0 Å². The normalized spacial score (nSPS) is 12.3. The van der Waals surface area contributed by atoms with Gasteiger partial charge in [-0.15, -0.1) is 0 Å². The van der Waals surface area contributed by atoms with Crippen LogP contribution < -0.4 is 9.50 Å². The first kappa shape index (κ1) is 21.5. The standard InChI is InChI=1S/C17H17ClN6O5S/c1-10(12-5-4-6-19-14(12)18)28-17(25)23-16-13(9-22-24(16)2)15-20-7-11(8-21-15)29-30(3,26)27/h4-10H,1-3H3,(H,23,25)/t10-/m1/s1. The van der Waals surface area contributed by atoms with Gasteiger partial charge in [-0.1, -0.05) is 17.7 Å². The molecule has 1 amide bonds. The van der Waals surface area contributed by atoms with Crippen molar-refractivity contribution in [1.82, 2.24) is 24.7 Å². The molecule has 0 aliphatic heterocycles. The van der Waals surface area contributed by atoms with Crippen LogP contribution in [0.15, 0.2) is 36.9 Å². The maximum atomic E-state index is 12.4. The molecule has 0 unspecified atom stereocenters. The highest BCUT2D eigenvalue weighted by atomic mass is 35.5. The zero-order valence-corrected chi connectivity index (χ0v) is 17.7. The molecule has 0 spiro atoms. The molecule has 0 saturated heterocycles. The number of rotatable bonds is 6. The van der Waals surface area contributed by atoms with E-state index >= 15 is 0 Å². The Hall–Kier alpha value is -3.25. The predicted molar refractivity (Wildman–Crippen MR) is 107 cm³/mol. The molecule has 0 aliphatic rings. The fraction of sp³-hybridized carbons (Fsp3) is 0.235. The minimum atomic E-state index is -3.70. The van der Waals surface area contributed by atoms with E-state index in [0.29, 0.717) is 11.1 Å². The largest absolute Gasteiger partial charge is 0.441 e. The molecule has 0 aromatic carbocycles. The van der Waals surface area contributed by atoms with E-state index in [1.807, 2.05) is 0 Å². The minimum Gasteiger partial charge on any atom is -0.441 e. The number of amides is 1. The van der Waals surface area contributed by atoms with Gasteiger partial charge in [0.1, 0.15) is 17.1 Å². The summed E-state index contributed by atoms with van der Waals surface area (Å²) in [6.07, 6.45) is 4.90. The average Bonchev–Trinajstić information content (AvgIpc) is 3.02. The molecule has 0 saturated carbocycles. The van der Waals surface area contributed by atoms with Gasteiger partial charge in [-0.2, -0.15) is 13.5 Å². The molecule has 1 atom stereocenters. The van der Waals surface area contributed by atoms with Crippen molar-refractivity contribution in [3.63, 3.8) is 0 Å². The van der Waals surface area contributed by atoms with Gasteiger partial charge in [0.05, 0.1) is 30.4 Å². The van der Waals surface area contributed by atoms with Crippen molar-refractivity contribution in [1.29, 1.82) is 0 Å². The lowest BCUT2D eigenvalue weighted by atomic mass is 10.2. The summed E-state index contributed by atoms with van der Waals surface area (Å²) in [4.78, 5) is 24.5. The van der Waals surface area contributed by atoms with Gasteiger partial charge in [-0.25, -0.2) is 19.7 Å². The monoisotopic (exact) mass is 452 g/mol. The van der Waals surface area contributed by atoms with Crippen LogP contribution >= 0.6 is 11.6 Å². The van der Waals surface area contributed by atoms with Crippen molar-refractivity contribution in [3.05, 3.63) is 47.6 Å². The van der Waals surface area contributed by atoms with Gasteiger partial charge in [0.2, 0.25) is 0 Å². The molecule has 13 heteroatoms. The molecule has 0 aliphatic carbocycles. The van der Waals surface area contributed by atoms with Gasteiger partial charge in [-0.05, 0) is 13.0 Å². The van der Waals surface area contributed by atoms with Crippen LogP contribution in [0.2, 0.25) is 5.15 Å². The summed E-state index contributed by atoms with van der Waals surface area (Å²) in [6, 6.07) is 3.39. The smallest absolute Gasteiger partial charge is 0.413 e. The van der Waals surface area contributed by atoms with Crippen molar-refractivity contribution in [2.24, 2.45) is 7.05 Å². The van der Waals surface area contributed by atoms with Crippen molar-refractivity contribution in [2.45, 2.75) is 13.0 Å². The number of aromatic nitrogens is 5. The number of pyridine rings is 1. The second-order valence-electron chi connectivity index (χ2n) is 6.12. The lowest BCUT2D eigenvalue weighted by molar-refractivity contribution is 0.121. The highest BCUT2D eigenvalue weighted by Gasteiger charge is 2.20. The van der Waals surface area contributed by atoms with E-state index in [1.54, 1.807) is 26.1 Å². The molecule has 30 heavy (non-hydrogen) atoms. The number of anilines is 1. The van der Waals surface area contributed by atoms with Crippen LogP contribution in [0.5, 0.6) is 5.75 Å². The van der Waals surface area contributed by atoms with Crippen LogP contribution in [0.3, 0.4) is 0 Å².